The number of amides is 5. The Labute approximate surface area is 322 Å². The van der Waals surface area contributed by atoms with Gasteiger partial charge in [0.2, 0.25) is 29.5 Å². The summed E-state index contributed by atoms with van der Waals surface area (Å²) in [6.45, 7) is 5.72. The number of rotatable bonds is 17. The fourth-order valence-electron chi connectivity index (χ4n) is 6.67. The SMILES string of the molecule is CCCCCCCC(=O)NC(CCCCN)C(=O)N(C)C1C(=O)NC(C)C(=O)NC(C(=O)NC(C)C(=O)C2CO2)Cc2ccc(O)c(c2)-c2cc1ccc2O. The number of carbonyl (C=O) groups excluding carboxylic acids is 6. The third-order valence-corrected chi connectivity index (χ3v) is 10.0. The predicted molar refractivity (Wildman–Crippen MR) is 205 cm³/mol. The van der Waals surface area contributed by atoms with Crippen LogP contribution < -0.4 is 27.0 Å². The summed E-state index contributed by atoms with van der Waals surface area (Å²) < 4.78 is 5.06. The third kappa shape index (κ3) is 11.7. The molecule has 0 radical (unpaired) electrons. The zero-order chi connectivity index (χ0) is 40.2. The topological polar surface area (TPSA) is 233 Å². The molecule has 300 valence electrons. The molecule has 1 saturated heterocycles. The lowest BCUT2D eigenvalue weighted by atomic mass is 9.93. The highest BCUT2D eigenvalue weighted by molar-refractivity contribution is 5.98. The van der Waals surface area contributed by atoms with Crippen molar-refractivity contribution < 1.29 is 43.7 Å². The summed E-state index contributed by atoms with van der Waals surface area (Å²) in [6.07, 6.45) is 5.75. The van der Waals surface area contributed by atoms with E-state index >= 15 is 0 Å². The van der Waals surface area contributed by atoms with E-state index in [-0.39, 0.29) is 65.7 Å². The van der Waals surface area contributed by atoms with Gasteiger partial charge in [0.15, 0.2) is 5.78 Å². The van der Waals surface area contributed by atoms with Crippen molar-refractivity contribution in [2.24, 2.45) is 5.73 Å². The number of nitrogens with zero attached hydrogens (tertiary/aromatic N) is 1. The second-order valence-corrected chi connectivity index (χ2v) is 14.5. The number of aromatic hydroxyl groups is 2. The van der Waals surface area contributed by atoms with Crippen LogP contribution in [-0.2, 0) is 39.9 Å². The van der Waals surface area contributed by atoms with Gasteiger partial charge in [-0.15, -0.1) is 0 Å². The number of unbranched alkanes of at least 4 members (excludes halogenated alkanes) is 5. The summed E-state index contributed by atoms with van der Waals surface area (Å²) in [5, 5.41) is 32.9. The van der Waals surface area contributed by atoms with Crippen molar-refractivity contribution in [2.75, 3.05) is 20.2 Å². The van der Waals surface area contributed by atoms with Crippen LogP contribution >= 0.6 is 0 Å². The van der Waals surface area contributed by atoms with E-state index in [1.54, 1.807) is 12.1 Å². The van der Waals surface area contributed by atoms with Gasteiger partial charge in [-0.25, -0.2) is 0 Å². The molecule has 6 atom stereocenters. The Bertz CT molecular complexity index is 1710. The summed E-state index contributed by atoms with van der Waals surface area (Å²) >= 11 is 0. The number of likely N-dealkylation sites (N-methyl/N-ethyl adjacent to an activating group) is 1. The predicted octanol–water partition coefficient (Wildman–Crippen LogP) is 2.26. The molecule has 0 aromatic heterocycles. The van der Waals surface area contributed by atoms with Gasteiger partial charge in [-0.2, -0.15) is 0 Å². The molecule has 2 aliphatic heterocycles. The average molecular weight is 765 g/mol. The Hall–Kier alpha value is -5.02. The van der Waals surface area contributed by atoms with Gasteiger partial charge in [0.1, 0.15) is 41.8 Å². The Morgan fingerprint density at radius 1 is 0.927 bits per heavy atom. The van der Waals surface area contributed by atoms with E-state index < -0.39 is 59.9 Å². The fraction of sp³-hybridized carbons (Fsp3) is 0.550. The normalized spacial score (nSPS) is 20.5. The molecular weight excluding hydrogens is 708 g/mol. The summed E-state index contributed by atoms with van der Waals surface area (Å²) in [6, 6.07) is 3.14. The number of hydrogen-bond acceptors (Lipinski definition) is 10. The Morgan fingerprint density at radius 3 is 2.27 bits per heavy atom. The first kappa shape index (κ1) is 42.7. The number of phenolic OH excluding ortho intramolecular Hbond substituents is 2. The molecule has 5 amide bonds. The van der Waals surface area contributed by atoms with E-state index in [0.717, 1.165) is 25.7 Å². The molecule has 0 aliphatic carbocycles. The Morgan fingerprint density at radius 2 is 1.60 bits per heavy atom. The Kier molecular flexibility index (Phi) is 15.6. The number of fused-ring (bicyclic) bond motifs is 5. The molecule has 2 aliphatic rings. The van der Waals surface area contributed by atoms with E-state index in [9.17, 15) is 39.0 Å². The van der Waals surface area contributed by atoms with Crippen LogP contribution in [0.15, 0.2) is 36.4 Å². The summed E-state index contributed by atoms with van der Waals surface area (Å²) in [5.74, 6) is -3.70. The maximum Gasteiger partial charge on any atom is 0.248 e. The Balaban J connectivity index is 1.69. The van der Waals surface area contributed by atoms with Crippen molar-refractivity contribution in [3.05, 3.63) is 47.5 Å². The van der Waals surface area contributed by atoms with Crippen LogP contribution in [0.5, 0.6) is 11.5 Å². The third-order valence-electron chi connectivity index (χ3n) is 10.0. The number of nitrogens with one attached hydrogen (secondary N) is 4. The fourth-order valence-corrected chi connectivity index (χ4v) is 6.67. The van der Waals surface area contributed by atoms with Crippen LogP contribution in [0.4, 0.5) is 0 Å². The minimum Gasteiger partial charge on any atom is -0.507 e. The number of Topliss-reactive ketones (excluding diaryl/α,β-unsaturated/α-hetero) is 1. The molecule has 15 nitrogen and oxygen atoms in total. The lowest BCUT2D eigenvalue weighted by molar-refractivity contribution is -0.143. The average Bonchev–Trinajstić information content (AvgIpc) is 4.00. The number of ether oxygens (including phenoxy) is 1. The number of hydrogen-bond donors (Lipinski definition) is 7. The van der Waals surface area contributed by atoms with E-state index in [4.69, 9.17) is 10.5 Å². The molecule has 2 aromatic rings. The number of ketones is 1. The molecule has 2 heterocycles. The highest BCUT2D eigenvalue weighted by atomic mass is 16.6. The van der Waals surface area contributed by atoms with Crippen LogP contribution in [-0.4, -0.2) is 101 Å². The van der Waals surface area contributed by atoms with Crippen molar-refractivity contribution in [3.8, 4) is 22.6 Å². The number of phenols is 2. The van der Waals surface area contributed by atoms with Gasteiger partial charge in [0, 0.05) is 31.0 Å². The largest absolute Gasteiger partial charge is 0.507 e. The van der Waals surface area contributed by atoms with Crippen molar-refractivity contribution in [1.29, 1.82) is 0 Å². The highest BCUT2D eigenvalue weighted by Crippen LogP contribution is 2.39. The van der Waals surface area contributed by atoms with E-state index in [0.29, 0.717) is 31.4 Å². The molecule has 8 N–H and O–H groups in total. The first-order chi connectivity index (χ1) is 26.2. The standard InChI is InChI=1S/C40H56N6O9/c1-5-6-7-8-9-13-34(49)44-29(12-10-11-18-41)40(54)46(4)35-26-15-17-32(48)28(21-26)27-19-25(14-16-31(27)47)20-30(45-37(51)24(3)43-39(35)53)38(52)42-23(2)36(50)33-22-55-33/h14-17,19,21,23-24,29-30,33,35,47-48H,5-13,18,20,22,41H2,1-4H3,(H,42,52)(H,43,53)(H,44,49)(H,45,51). The van der Waals surface area contributed by atoms with Gasteiger partial charge < -0.3 is 46.9 Å². The molecule has 4 rings (SSSR count). The zero-order valence-electron chi connectivity index (χ0n) is 32.2. The smallest absolute Gasteiger partial charge is 0.248 e. The molecule has 0 spiro atoms. The van der Waals surface area contributed by atoms with E-state index in [1.165, 1.54) is 50.1 Å². The molecule has 0 saturated carbocycles. The van der Waals surface area contributed by atoms with Crippen molar-refractivity contribution >= 4 is 35.3 Å². The maximum atomic E-state index is 14.3. The van der Waals surface area contributed by atoms with Gasteiger partial charge in [-0.1, -0.05) is 44.7 Å². The van der Waals surface area contributed by atoms with Gasteiger partial charge in [-0.3, -0.25) is 28.8 Å². The molecule has 15 heteroatoms. The quantitative estimate of drug-likeness (QED) is 0.0917. The number of nitrogens with two attached hydrogens (primary N) is 1. The molecule has 55 heavy (non-hydrogen) atoms. The van der Waals surface area contributed by atoms with Crippen LogP contribution in [0.1, 0.15) is 95.7 Å². The van der Waals surface area contributed by atoms with Crippen LogP contribution in [0.3, 0.4) is 0 Å². The number of epoxide rings is 1. The lowest BCUT2D eigenvalue weighted by Gasteiger charge is -2.32. The van der Waals surface area contributed by atoms with Crippen molar-refractivity contribution in [1.82, 2.24) is 26.2 Å². The highest BCUT2D eigenvalue weighted by Gasteiger charge is 2.38. The molecular formula is C40H56N6O9. The van der Waals surface area contributed by atoms with E-state index in [2.05, 4.69) is 28.2 Å². The van der Waals surface area contributed by atoms with Crippen molar-refractivity contribution in [3.63, 3.8) is 0 Å². The van der Waals surface area contributed by atoms with Crippen LogP contribution in [0.2, 0.25) is 0 Å². The van der Waals surface area contributed by atoms with E-state index in [1.807, 2.05) is 0 Å². The van der Waals surface area contributed by atoms with Gasteiger partial charge in [0.25, 0.3) is 0 Å². The minimum atomic E-state index is -1.37. The van der Waals surface area contributed by atoms with Gasteiger partial charge in [-0.05, 0) is 81.5 Å². The number of benzene rings is 2. The first-order valence-electron chi connectivity index (χ1n) is 19.2. The monoisotopic (exact) mass is 764 g/mol. The molecule has 4 bridgehead atoms. The van der Waals surface area contributed by atoms with Crippen LogP contribution in [0, 0.1) is 0 Å². The minimum absolute atomic E-state index is 0.0668. The zero-order valence-corrected chi connectivity index (χ0v) is 32.2. The van der Waals surface area contributed by atoms with Crippen LogP contribution in [0.25, 0.3) is 11.1 Å². The summed E-state index contributed by atoms with van der Waals surface area (Å²) in [4.78, 5) is 82.4. The molecule has 6 unspecified atom stereocenters. The van der Waals surface area contributed by atoms with Gasteiger partial charge >= 0.3 is 0 Å². The lowest BCUT2D eigenvalue weighted by Crippen LogP contribution is -2.57. The molecule has 1 fully saturated rings. The second-order valence-electron chi connectivity index (χ2n) is 14.5. The summed E-state index contributed by atoms with van der Waals surface area (Å²) in [7, 11) is 1.42. The molecule has 2 aromatic carbocycles. The van der Waals surface area contributed by atoms with Crippen molar-refractivity contribution in [2.45, 2.75) is 121 Å². The first-order valence-corrected chi connectivity index (χ1v) is 19.2. The maximum absolute atomic E-state index is 14.3. The second kappa shape index (κ2) is 20.1. The summed E-state index contributed by atoms with van der Waals surface area (Å²) in [5.41, 5.74) is 6.80. The van der Waals surface area contributed by atoms with Gasteiger partial charge in [0.05, 0.1) is 12.6 Å². The number of carbonyl (C=O) groups is 6.